The van der Waals surface area contributed by atoms with Gasteiger partial charge in [-0.2, -0.15) is 0 Å². The summed E-state index contributed by atoms with van der Waals surface area (Å²) < 4.78 is 10.1. The van der Waals surface area contributed by atoms with Crippen LogP contribution in [0.5, 0.6) is 5.75 Å². The summed E-state index contributed by atoms with van der Waals surface area (Å²) in [5, 5.41) is 13.2. The first-order valence-corrected chi connectivity index (χ1v) is 6.42. The lowest BCUT2D eigenvalue weighted by Gasteiger charge is -2.08. The average Bonchev–Trinajstić information content (AvgIpc) is 3.00. The molecule has 0 saturated carbocycles. The van der Waals surface area contributed by atoms with Crippen LogP contribution in [0.15, 0.2) is 46.9 Å². The quantitative estimate of drug-likeness (QED) is 0.502. The molecule has 0 unspecified atom stereocenters. The monoisotopic (exact) mass is 302 g/mol. The molecular weight excluding hydrogens is 288 g/mol. The molecule has 0 radical (unpaired) electrons. The number of ether oxygens (including phenoxy) is 1. The lowest BCUT2D eigenvalue weighted by Crippen LogP contribution is -2.20. The van der Waals surface area contributed by atoms with Crippen LogP contribution in [0.25, 0.3) is 6.08 Å². The van der Waals surface area contributed by atoms with E-state index in [1.807, 2.05) is 18.2 Å². The van der Waals surface area contributed by atoms with E-state index in [9.17, 15) is 14.9 Å². The zero-order valence-electron chi connectivity index (χ0n) is 11.8. The van der Waals surface area contributed by atoms with Crippen LogP contribution in [0.4, 0.5) is 5.88 Å². The minimum absolute atomic E-state index is 0.235. The predicted octanol–water partition coefficient (Wildman–Crippen LogP) is 2.53. The molecule has 7 heteroatoms. The molecule has 22 heavy (non-hydrogen) atoms. The number of nitrogens with zero attached hydrogens (tertiary/aromatic N) is 1. The molecule has 0 saturated heterocycles. The molecule has 0 aliphatic heterocycles. The van der Waals surface area contributed by atoms with Crippen LogP contribution in [0.2, 0.25) is 0 Å². The molecular formula is C15H14N2O5. The number of para-hydroxylation sites is 1. The van der Waals surface area contributed by atoms with Crippen molar-refractivity contribution < 1.29 is 18.9 Å². The molecule has 2 aromatic rings. The standard InChI is InChI=1S/C15H14N2O5/c1-21-13-5-3-2-4-11(13)10-16-14(18)8-6-12-7-9-15(22-12)17(19)20/h2-9H,10H2,1H3,(H,16,18). The summed E-state index contributed by atoms with van der Waals surface area (Å²) >= 11 is 0. The number of nitro groups is 1. The van der Waals surface area contributed by atoms with Gasteiger partial charge in [-0.3, -0.25) is 14.9 Å². The highest BCUT2D eigenvalue weighted by Crippen LogP contribution is 2.17. The fraction of sp³-hybridized carbons (Fsp3) is 0.133. The van der Waals surface area contributed by atoms with Gasteiger partial charge in [-0.05, 0) is 18.2 Å². The van der Waals surface area contributed by atoms with E-state index in [4.69, 9.17) is 9.15 Å². The number of amides is 1. The molecule has 0 aliphatic carbocycles. The zero-order valence-corrected chi connectivity index (χ0v) is 11.8. The van der Waals surface area contributed by atoms with Crippen LogP contribution >= 0.6 is 0 Å². The third kappa shape index (κ3) is 3.95. The van der Waals surface area contributed by atoms with Crippen LogP contribution < -0.4 is 10.1 Å². The minimum atomic E-state index is -0.640. The van der Waals surface area contributed by atoms with Crippen LogP contribution in [0.3, 0.4) is 0 Å². The molecule has 114 valence electrons. The highest BCUT2D eigenvalue weighted by atomic mass is 16.6. The summed E-state index contributed by atoms with van der Waals surface area (Å²) in [7, 11) is 1.56. The van der Waals surface area contributed by atoms with E-state index in [0.717, 1.165) is 5.56 Å². The fourth-order valence-electron chi connectivity index (χ4n) is 1.78. The molecule has 0 atom stereocenters. The maximum absolute atomic E-state index is 11.7. The zero-order chi connectivity index (χ0) is 15.9. The molecule has 1 aromatic carbocycles. The Hall–Kier alpha value is -3.09. The first kappa shape index (κ1) is 15.3. The van der Waals surface area contributed by atoms with E-state index in [2.05, 4.69) is 5.32 Å². The van der Waals surface area contributed by atoms with E-state index < -0.39 is 4.92 Å². The van der Waals surface area contributed by atoms with Crippen molar-refractivity contribution in [3.8, 4) is 5.75 Å². The van der Waals surface area contributed by atoms with Crippen molar-refractivity contribution >= 4 is 17.9 Å². The van der Waals surface area contributed by atoms with Crippen molar-refractivity contribution in [3.05, 3.63) is 63.9 Å². The van der Waals surface area contributed by atoms with Gasteiger partial charge in [-0.15, -0.1) is 0 Å². The van der Waals surface area contributed by atoms with Crippen molar-refractivity contribution in [1.82, 2.24) is 5.32 Å². The van der Waals surface area contributed by atoms with Gasteiger partial charge in [0.15, 0.2) is 0 Å². The van der Waals surface area contributed by atoms with E-state index in [1.54, 1.807) is 13.2 Å². The molecule has 1 N–H and O–H groups in total. The number of nitrogens with one attached hydrogen (secondary N) is 1. The predicted molar refractivity (Wildman–Crippen MR) is 79.2 cm³/mol. The molecule has 1 heterocycles. The number of hydrogen-bond donors (Lipinski definition) is 1. The lowest BCUT2D eigenvalue weighted by molar-refractivity contribution is -0.402. The number of rotatable bonds is 6. The molecule has 2 rings (SSSR count). The lowest BCUT2D eigenvalue weighted by atomic mass is 10.2. The Bertz CT molecular complexity index is 705. The van der Waals surface area contributed by atoms with Crippen molar-refractivity contribution in [2.75, 3.05) is 7.11 Å². The Morgan fingerprint density at radius 1 is 1.36 bits per heavy atom. The Balaban J connectivity index is 1.92. The molecule has 1 amide bonds. The van der Waals surface area contributed by atoms with Crippen LogP contribution in [-0.2, 0) is 11.3 Å². The van der Waals surface area contributed by atoms with Crippen molar-refractivity contribution in [2.24, 2.45) is 0 Å². The van der Waals surface area contributed by atoms with Crippen LogP contribution in [0, 0.1) is 10.1 Å². The van der Waals surface area contributed by atoms with Crippen molar-refractivity contribution in [2.45, 2.75) is 6.54 Å². The maximum atomic E-state index is 11.7. The second-order valence-electron chi connectivity index (χ2n) is 4.30. The molecule has 0 bridgehead atoms. The SMILES string of the molecule is COc1ccccc1CNC(=O)C=Cc1ccc([N+](=O)[O-])o1. The third-order valence-corrected chi connectivity index (χ3v) is 2.84. The number of hydrogen-bond acceptors (Lipinski definition) is 5. The van der Waals surface area contributed by atoms with Crippen molar-refractivity contribution in [3.63, 3.8) is 0 Å². The number of carbonyl (C=O) groups is 1. The van der Waals surface area contributed by atoms with Gasteiger partial charge in [-0.25, -0.2) is 0 Å². The van der Waals surface area contributed by atoms with E-state index >= 15 is 0 Å². The first-order chi connectivity index (χ1) is 10.6. The second kappa shape index (κ2) is 7.07. The largest absolute Gasteiger partial charge is 0.496 e. The summed E-state index contributed by atoms with van der Waals surface area (Å²) in [6, 6.07) is 9.99. The number of furan rings is 1. The second-order valence-corrected chi connectivity index (χ2v) is 4.30. The van der Waals surface area contributed by atoms with Crippen LogP contribution in [0.1, 0.15) is 11.3 Å². The van der Waals surface area contributed by atoms with Gasteiger partial charge in [-0.1, -0.05) is 18.2 Å². The number of carbonyl (C=O) groups excluding carboxylic acids is 1. The fourth-order valence-corrected chi connectivity index (χ4v) is 1.78. The third-order valence-electron chi connectivity index (χ3n) is 2.84. The maximum Gasteiger partial charge on any atom is 0.433 e. The van der Waals surface area contributed by atoms with Gasteiger partial charge in [0.05, 0.1) is 13.2 Å². The van der Waals surface area contributed by atoms with Crippen molar-refractivity contribution in [1.29, 1.82) is 0 Å². The topological polar surface area (TPSA) is 94.6 Å². The van der Waals surface area contributed by atoms with Gasteiger partial charge in [0.2, 0.25) is 5.91 Å². The smallest absolute Gasteiger partial charge is 0.433 e. The molecule has 0 spiro atoms. The van der Waals surface area contributed by atoms with E-state index in [1.165, 1.54) is 24.3 Å². The van der Waals surface area contributed by atoms with Gasteiger partial charge in [0, 0.05) is 18.2 Å². The summed E-state index contributed by atoms with van der Waals surface area (Å²) in [5.41, 5.74) is 0.848. The minimum Gasteiger partial charge on any atom is -0.496 e. The van der Waals surface area contributed by atoms with Gasteiger partial charge < -0.3 is 14.5 Å². The van der Waals surface area contributed by atoms with Gasteiger partial charge in [0.1, 0.15) is 16.4 Å². The van der Waals surface area contributed by atoms with E-state index in [0.29, 0.717) is 12.3 Å². The Labute approximate surface area is 126 Å². The average molecular weight is 302 g/mol. The highest BCUT2D eigenvalue weighted by molar-refractivity contribution is 5.91. The highest BCUT2D eigenvalue weighted by Gasteiger charge is 2.10. The number of methoxy groups -OCH3 is 1. The molecule has 7 nitrogen and oxygen atoms in total. The summed E-state index contributed by atoms with van der Waals surface area (Å²) in [6.45, 7) is 0.311. The molecule has 0 aliphatic rings. The normalized spacial score (nSPS) is 10.6. The summed E-state index contributed by atoms with van der Waals surface area (Å²) in [6.07, 6.45) is 2.61. The summed E-state index contributed by atoms with van der Waals surface area (Å²) in [4.78, 5) is 21.5. The van der Waals surface area contributed by atoms with Gasteiger partial charge >= 0.3 is 5.88 Å². The molecule has 1 aromatic heterocycles. The first-order valence-electron chi connectivity index (χ1n) is 6.42. The van der Waals surface area contributed by atoms with Gasteiger partial charge in [0.25, 0.3) is 0 Å². The Morgan fingerprint density at radius 2 is 2.14 bits per heavy atom. The number of benzene rings is 1. The van der Waals surface area contributed by atoms with Crippen LogP contribution in [-0.4, -0.2) is 17.9 Å². The summed E-state index contributed by atoms with van der Waals surface area (Å²) in [5.74, 6) is 0.214. The Kier molecular flexibility index (Phi) is 4.92. The van der Waals surface area contributed by atoms with E-state index in [-0.39, 0.29) is 17.6 Å². The Morgan fingerprint density at radius 3 is 2.82 bits per heavy atom. The molecule has 0 fully saturated rings.